The summed E-state index contributed by atoms with van der Waals surface area (Å²) in [4.78, 5) is 28.7. The molecule has 2 aromatic rings. The van der Waals surface area contributed by atoms with Crippen molar-refractivity contribution in [1.29, 1.82) is 0 Å². The van der Waals surface area contributed by atoms with Crippen LogP contribution < -0.4 is 14.4 Å². The van der Waals surface area contributed by atoms with E-state index < -0.39 is 15.6 Å². The average Bonchev–Trinajstić information content (AvgIpc) is 3.02. The Kier molecular flexibility index (Phi) is 7.00. The predicted octanol–water partition coefficient (Wildman–Crippen LogP) is 5.12. The highest BCUT2D eigenvalue weighted by atomic mass is 35.5. The molecule has 1 saturated carbocycles. The van der Waals surface area contributed by atoms with E-state index in [0.717, 1.165) is 61.7 Å². The fourth-order valence-electron chi connectivity index (χ4n) is 6.76. The number of nitrogens with one attached hydrogen (secondary N) is 1. The minimum atomic E-state index is -2.82. The molecule has 0 radical (unpaired) electrons. The molecule has 4 atom stereocenters. The molecule has 2 heterocycles. The summed E-state index contributed by atoms with van der Waals surface area (Å²) in [6.45, 7) is 1.97. The van der Waals surface area contributed by atoms with E-state index in [1.807, 2.05) is 30.4 Å². The van der Waals surface area contributed by atoms with Crippen LogP contribution in [0.3, 0.4) is 0 Å². The number of Topliss-reactive ketones (excluding diaryl/α,β-unsaturated/α-hetero) is 1. The zero-order chi connectivity index (χ0) is 27.2. The lowest BCUT2D eigenvalue weighted by atomic mass is 9.68. The van der Waals surface area contributed by atoms with Crippen molar-refractivity contribution in [2.75, 3.05) is 30.3 Å². The van der Waals surface area contributed by atoms with E-state index >= 15 is 0 Å². The lowest BCUT2D eigenvalue weighted by molar-refractivity contribution is -0.126. The van der Waals surface area contributed by atoms with Crippen LogP contribution in [-0.4, -0.2) is 47.2 Å². The van der Waals surface area contributed by atoms with Crippen molar-refractivity contribution in [3.8, 4) is 5.75 Å². The Morgan fingerprint density at radius 3 is 2.82 bits per heavy atom. The summed E-state index contributed by atoms with van der Waals surface area (Å²) in [5.41, 5.74) is 3.59. The minimum absolute atomic E-state index is 0.0344. The Labute approximate surface area is 235 Å². The second kappa shape index (κ2) is 10.3. The lowest BCUT2D eigenvalue weighted by Gasteiger charge is -2.44. The van der Waals surface area contributed by atoms with Gasteiger partial charge < -0.3 is 9.64 Å². The number of amides is 1. The zero-order valence-electron chi connectivity index (χ0n) is 22.1. The highest BCUT2D eigenvalue weighted by Gasteiger charge is 2.44. The maximum atomic E-state index is 13.2. The third-order valence-electron chi connectivity index (χ3n) is 8.96. The van der Waals surface area contributed by atoms with Gasteiger partial charge in [0.1, 0.15) is 11.5 Å². The Hall–Kier alpha value is -2.77. The number of allylic oxidation sites excluding steroid dienone is 2. The van der Waals surface area contributed by atoms with Crippen molar-refractivity contribution in [2.24, 2.45) is 11.8 Å². The molecule has 1 spiro atoms. The van der Waals surface area contributed by atoms with Gasteiger partial charge in [0, 0.05) is 56.9 Å². The maximum absolute atomic E-state index is 13.2. The SMILES string of the molecule is C=S1(=O)CC/C=C/CC(=O)[C@@H]2CC[C@H]2CN2C[C@@]3(CCCc4cc(Cl)ccc43)COc3ccc(cc32)C(=O)N1. The van der Waals surface area contributed by atoms with Crippen molar-refractivity contribution in [2.45, 2.75) is 50.4 Å². The van der Waals surface area contributed by atoms with Gasteiger partial charge in [0.2, 0.25) is 0 Å². The molecule has 8 heteroatoms. The number of anilines is 1. The molecule has 1 N–H and O–H groups in total. The average molecular weight is 567 g/mol. The largest absolute Gasteiger partial charge is 0.490 e. The number of nitrogens with zero attached hydrogens (tertiary/aromatic N) is 1. The van der Waals surface area contributed by atoms with Crippen LogP contribution in [0.5, 0.6) is 5.75 Å². The fourth-order valence-corrected chi connectivity index (χ4v) is 8.03. The number of ketones is 1. The number of hydrogen-bond donors (Lipinski definition) is 1. The number of rotatable bonds is 0. The molecular weight excluding hydrogens is 532 g/mol. The number of halogens is 1. The summed E-state index contributed by atoms with van der Waals surface area (Å²) < 4.78 is 22.2. The second-order valence-corrected chi connectivity index (χ2v) is 14.3. The Morgan fingerprint density at radius 2 is 2.00 bits per heavy atom. The van der Waals surface area contributed by atoms with Gasteiger partial charge in [0.05, 0.1) is 12.3 Å². The van der Waals surface area contributed by atoms with E-state index in [0.29, 0.717) is 25.0 Å². The monoisotopic (exact) mass is 566 g/mol. The third-order valence-corrected chi connectivity index (χ3v) is 10.7. The molecule has 39 heavy (non-hydrogen) atoms. The summed E-state index contributed by atoms with van der Waals surface area (Å²) in [5, 5.41) is 0.746. The standard InChI is InChI=1S/C31H35ClN2O4S/c1-39(37)15-4-2-3-7-28(35)25-11-8-23(25)18-34-19-31(14-5-6-21-16-24(32)10-12-26(21)31)20-38-29-13-9-22(17-27(29)34)30(36)33-39/h2-3,9-10,12-13,16-17,23,25H,1,4-8,11,14-15,18-20H2,(H,33,36,37)/b3-2+/t23-,25+,31-,39?/m0/s1. The van der Waals surface area contributed by atoms with Crippen LogP contribution in [0.15, 0.2) is 48.6 Å². The molecular formula is C31H35ClN2O4S. The first-order valence-electron chi connectivity index (χ1n) is 13.9. The Morgan fingerprint density at radius 1 is 1.13 bits per heavy atom. The molecule has 2 aromatic carbocycles. The topological polar surface area (TPSA) is 75.7 Å². The second-order valence-electron chi connectivity index (χ2n) is 11.6. The van der Waals surface area contributed by atoms with Crippen LogP contribution >= 0.6 is 11.6 Å². The van der Waals surface area contributed by atoms with Crippen LogP contribution in [-0.2, 0) is 26.3 Å². The zero-order valence-corrected chi connectivity index (χ0v) is 23.7. The van der Waals surface area contributed by atoms with Crippen molar-refractivity contribution in [1.82, 2.24) is 4.72 Å². The molecule has 6 nitrogen and oxygen atoms in total. The molecule has 1 fully saturated rings. The van der Waals surface area contributed by atoms with E-state index in [2.05, 4.69) is 27.6 Å². The number of aryl methyl sites for hydroxylation is 1. The van der Waals surface area contributed by atoms with E-state index in [1.165, 1.54) is 11.1 Å². The molecule has 2 aliphatic heterocycles. The van der Waals surface area contributed by atoms with Gasteiger partial charge >= 0.3 is 0 Å². The van der Waals surface area contributed by atoms with Crippen LogP contribution in [0.2, 0.25) is 5.02 Å². The molecule has 206 valence electrons. The van der Waals surface area contributed by atoms with Crippen molar-refractivity contribution >= 4 is 44.6 Å². The number of fused-ring (bicyclic) bond motifs is 4. The van der Waals surface area contributed by atoms with Gasteiger partial charge in [-0.15, -0.1) is 0 Å². The fraction of sp³-hybridized carbons (Fsp3) is 0.452. The van der Waals surface area contributed by atoms with E-state index in [9.17, 15) is 13.8 Å². The summed E-state index contributed by atoms with van der Waals surface area (Å²) in [7, 11) is -2.82. The van der Waals surface area contributed by atoms with Crippen LogP contribution in [0.25, 0.3) is 0 Å². The van der Waals surface area contributed by atoms with Gasteiger partial charge in [0.15, 0.2) is 0 Å². The number of benzene rings is 2. The first-order valence-corrected chi connectivity index (χ1v) is 16.2. The van der Waals surface area contributed by atoms with Gasteiger partial charge in [-0.05, 0) is 91.8 Å². The number of carbonyl (C=O) groups is 2. The third kappa shape index (κ3) is 5.23. The molecule has 2 aliphatic carbocycles. The molecule has 6 rings (SSSR count). The molecule has 1 unspecified atom stereocenters. The van der Waals surface area contributed by atoms with Crippen LogP contribution in [0, 0.1) is 11.8 Å². The normalized spacial score (nSPS) is 31.7. The maximum Gasteiger partial charge on any atom is 0.262 e. The van der Waals surface area contributed by atoms with Gasteiger partial charge in [-0.25, -0.2) is 4.21 Å². The first-order chi connectivity index (χ1) is 18.7. The Balaban J connectivity index is 1.42. The van der Waals surface area contributed by atoms with E-state index in [4.69, 9.17) is 16.3 Å². The molecule has 2 bridgehead atoms. The Bertz CT molecular complexity index is 1450. The summed E-state index contributed by atoms with van der Waals surface area (Å²) in [6, 6.07) is 11.6. The smallest absolute Gasteiger partial charge is 0.262 e. The van der Waals surface area contributed by atoms with Crippen molar-refractivity contribution < 1.29 is 18.5 Å². The van der Waals surface area contributed by atoms with Crippen molar-refractivity contribution in [3.63, 3.8) is 0 Å². The number of carbonyl (C=O) groups excluding carboxylic acids is 2. The minimum Gasteiger partial charge on any atom is -0.490 e. The summed E-state index contributed by atoms with van der Waals surface area (Å²) >= 11 is 6.37. The lowest BCUT2D eigenvalue weighted by Crippen LogP contribution is -2.49. The molecule has 4 aliphatic rings. The van der Waals surface area contributed by atoms with Crippen LogP contribution in [0.4, 0.5) is 5.69 Å². The van der Waals surface area contributed by atoms with Crippen molar-refractivity contribution in [3.05, 3.63) is 70.3 Å². The van der Waals surface area contributed by atoms with Gasteiger partial charge in [-0.2, -0.15) is 0 Å². The quantitative estimate of drug-likeness (QED) is 0.354. The molecule has 1 amide bonds. The van der Waals surface area contributed by atoms with Gasteiger partial charge in [-0.1, -0.05) is 29.8 Å². The predicted molar refractivity (Wildman–Crippen MR) is 157 cm³/mol. The van der Waals surface area contributed by atoms with E-state index in [-0.39, 0.29) is 28.8 Å². The summed E-state index contributed by atoms with van der Waals surface area (Å²) in [6.07, 6.45) is 9.57. The highest BCUT2D eigenvalue weighted by molar-refractivity contribution is 7.99. The highest BCUT2D eigenvalue weighted by Crippen LogP contribution is 2.46. The van der Waals surface area contributed by atoms with Gasteiger partial charge in [0.25, 0.3) is 5.91 Å². The number of ether oxygens (including phenoxy) is 1. The summed E-state index contributed by atoms with van der Waals surface area (Å²) in [5.74, 6) is 4.89. The van der Waals surface area contributed by atoms with Crippen LogP contribution in [0.1, 0.15) is 60.0 Å². The molecule has 0 aromatic heterocycles. The number of hydrogen-bond acceptors (Lipinski definition) is 5. The molecule has 0 saturated heterocycles. The van der Waals surface area contributed by atoms with E-state index in [1.54, 1.807) is 6.07 Å². The van der Waals surface area contributed by atoms with Gasteiger partial charge in [-0.3, -0.25) is 14.3 Å². The first kappa shape index (κ1) is 26.5.